The zero-order valence-corrected chi connectivity index (χ0v) is 22.1. The summed E-state index contributed by atoms with van der Waals surface area (Å²) < 4.78 is 1.82. The SMILES string of the molecule is Cc1cccc2cc(CN3N=C(c4cccc(O)c4)C4C(N)=NC=NC43)n(-c3ccccc3C(C)C)c(=O)c12. The van der Waals surface area contributed by atoms with Gasteiger partial charge in [0.05, 0.1) is 23.3 Å². The minimum Gasteiger partial charge on any atom is -0.508 e. The molecule has 0 spiro atoms. The van der Waals surface area contributed by atoms with E-state index in [1.54, 1.807) is 18.2 Å². The first-order valence-corrected chi connectivity index (χ1v) is 13.1. The van der Waals surface area contributed by atoms with Crippen molar-refractivity contribution in [3.63, 3.8) is 0 Å². The first kappa shape index (κ1) is 24.6. The van der Waals surface area contributed by atoms with Crippen LogP contribution >= 0.6 is 0 Å². The number of pyridine rings is 1. The zero-order chi connectivity index (χ0) is 27.3. The number of hydrogen-bond acceptors (Lipinski definition) is 7. The van der Waals surface area contributed by atoms with Gasteiger partial charge in [-0.2, -0.15) is 5.10 Å². The topological polar surface area (TPSA) is 109 Å². The second-order valence-electron chi connectivity index (χ2n) is 10.4. The van der Waals surface area contributed by atoms with Gasteiger partial charge in [0.1, 0.15) is 23.8 Å². The lowest BCUT2D eigenvalue weighted by atomic mass is 9.93. The molecule has 2 aliphatic rings. The molecule has 0 bridgehead atoms. The van der Waals surface area contributed by atoms with Gasteiger partial charge in [0.25, 0.3) is 5.56 Å². The molecule has 39 heavy (non-hydrogen) atoms. The predicted octanol–water partition coefficient (Wildman–Crippen LogP) is 4.69. The van der Waals surface area contributed by atoms with E-state index in [-0.39, 0.29) is 23.1 Å². The van der Waals surface area contributed by atoms with Crippen LogP contribution in [0.1, 0.15) is 42.1 Å². The van der Waals surface area contributed by atoms with Crippen LogP contribution in [-0.4, -0.2) is 38.7 Å². The number of phenolic OH excluding ortho intramolecular Hbond substituents is 1. The Kier molecular flexibility index (Phi) is 6.02. The van der Waals surface area contributed by atoms with E-state index < -0.39 is 6.17 Å². The Labute approximate surface area is 226 Å². The highest BCUT2D eigenvalue weighted by molar-refractivity contribution is 6.17. The van der Waals surface area contributed by atoms with E-state index >= 15 is 0 Å². The minimum atomic E-state index is -0.419. The van der Waals surface area contributed by atoms with Crippen LogP contribution in [0.4, 0.5) is 0 Å². The number of aryl methyl sites for hydroxylation is 1. The number of aromatic nitrogens is 1. The molecular formula is C31H30N6O2. The molecule has 6 rings (SSSR count). The fourth-order valence-corrected chi connectivity index (χ4v) is 5.62. The molecule has 2 aliphatic heterocycles. The number of hydrazone groups is 1. The Balaban J connectivity index is 1.55. The smallest absolute Gasteiger partial charge is 0.263 e. The lowest BCUT2D eigenvalue weighted by Gasteiger charge is -2.27. The Bertz CT molecular complexity index is 1750. The van der Waals surface area contributed by atoms with Gasteiger partial charge in [-0.25, -0.2) is 9.98 Å². The van der Waals surface area contributed by atoms with E-state index in [0.29, 0.717) is 23.5 Å². The van der Waals surface area contributed by atoms with Gasteiger partial charge in [-0.05, 0) is 53.6 Å². The van der Waals surface area contributed by atoms with Crippen molar-refractivity contribution in [3.05, 3.63) is 106 Å². The zero-order valence-electron chi connectivity index (χ0n) is 22.1. The van der Waals surface area contributed by atoms with Crippen molar-refractivity contribution in [2.75, 3.05) is 0 Å². The molecular weight excluding hydrogens is 488 g/mol. The summed E-state index contributed by atoms with van der Waals surface area (Å²) in [6.45, 7) is 6.55. The van der Waals surface area contributed by atoms with E-state index in [1.165, 1.54) is 6.34 Å². The summed E-state index contributed by atoms with van der Waals surface area (Å²) in [5.41, 5.74) is 11.4. The fraction of sp³-hybridized carbons (Fsp3) is 0.226. The van der Waals surface area contributed by atoms with Crippen molar-refractivity contribution in [2.45, 2.75) is 39.4 Å². The largest absolute Gasteiger partial charge is 0.508 e. The predicted molar refractivity (Wildman–Crippen MR) is 156 cm³/mol. The molecule has 0 amide bonds. The lowest BCUT2D eigenvalue weighted by Crippen LogP contribution is -2.42. The summed E-state index contributed by atoms with van der Waals surface area (Å²) in [7, 11) is 0. The normalized spacial score (nSPS) is 18.4. The maximum Gasteiger partial charge on any atom is 0.263 e. The number of aliphatic imine (C=N–C) groups is 2. The second-order valence-corrected chi connectivity index (χ2v) is 10.4. The van der Waals surface area contributed by atoms with Crippen molar-refractivity contribution in [1.29, 1.82) is 0 Å². The van der Waals surface area contributed by atoms with E-state index in [1.807, 2.05) is 59.0 Å². The molecule has 0 saturated carbocycles. The number of para-hydroxylation sites is 1. The van der Waals surface area contributed by atoms with E-state index in [9.17, 15) is 9.90 Å². The van der Waals surface area contributed by atoms with Crippen molar-refractivity contribution in [2.24, 2.45) is 26.7 Å². The molecule has 3 aromatic carbocycles. The Morgan fingerprint density at radius 2 is 1.82 bits per heavy atom. The molecule has 8 nitrogen and oxygen atoms in total. The number of amidine groups is 1. The molecule has 2 atom stereocenters. The van der Waals surface area contributed by atoms with Gasteiger partial charge in [0, 0.05) is 11.3 Å². The quantitative estimate of drug-likeness (QED) is 0.400. The Morgan fingerprint density at radius 1 is 1.03 bits per heavy atom. The third kappa shape index (κ3) is 4.18. The summed E-state index contributed by atoms with van der Waals surface area (Å²) in [6.07, 6.45) is 1.05. The minimum absolute atomic E-state index is 0.0603. The Hall–Kier alpha value is -4.72. The average molecular weight is 519 g/mol. The Morgan fingerprint density at radius 3 is 2.62 bits per heavy atom. The van der Waals surface area contributed by atoms with Crippen LogP contribution in [-0.2, 0) is 6.54 Å². The molecule has 0 radical (unpaired) electrons. The number of nitrogens with zero attached hydrogens (tertiary/aromatic N) is 5. The average Bonchev–Trinajstić information content (AvgIpc) is 3.28. The maximum atomic E-state index is 14.2. The summed E-state index contributed by atoms with van der Waals surface area (Å²) >= 11 is 0. The van der Waals surface area contributed by atoms with Gasteiger partial charge < -0.3 is 10.8 Å². The molecule has 196 valence electrons. The van der Waals surface area contributed by atoms with Crippen molar-refractivity contribution in [1.82, 2.24) is 9.58 Å². The molecule has 4 aromatic rings. The number of hydrogen-bond donors (Lipinski definition) is 2. The summed E-state index contributed by atoms with van der Waals surface area (Å²) in [5, 5.41) is 18.5. The molecule has 2 unspecified atom stereocenters. The van der Waals surface area contributed by atoms with Crippen LogP contribution in [0.25, 0.3) is 16.5 Å². The second kappa shape index (κ2) is 9.54. The van der Waals surface area contributed by atoms with Gasteiger partial charge in [-0.15, -0.1) is 0 Å². The molecule has 0 saturated heterocycles. The summed E-state index contributed by atoms with van der Waals surface area (Å²) in [5.74, 6) is 0.405. The molecule has 3 N–H and O–H groups in total. The number of aromatic hydroxyl groups is 1. The monoisotopic (exact) mass is 518 g/mol. The highest BCUT2D eigenvalue weighted by Gasteiger charge is 2.42. The van der Waals surface area contributed by atoms with E-state index in [0.717, 1.165) is 33.5 Å². The first-order chi connectivity index (χ1) is 18.8. The molecule has 0 fully saturated rings. The number of fused-ring (bicyclic) bond motifs is 2. The first-order valence-electron chi connectivity index (χ1n) is 13.1. The standard InChI is InChI=1S/C31H30N6O2/c1-18(2)24-12-4-5-13-25(24)37-22(14-20-9-6-8-19(3)26(20)31(37)39)16-36-30-27(29(32)33-17-34-30)28(35-36)21-10-7-11-23(38)15-21/h4-15,17-18,27,30,38H,16H2,1-3H3,(H2,32,33,34). The highest BCUT2D eigenvalue weighted by Crippen LogP contribution is 2.33. The number of phenols is 1. The fourth-order valence-electron chi connectivity index (χ4n) is 5.62. The summed E-state index contributed by atoms with van der Waals surface area (Å²) in [4.78, 5) is 23.1. The van der Waals surface area contributed by atoms with Crippen molar-refractivity contribution in [3.8, 4) is 11.4 Å². The van der Waals surface area contributed by atoms with Gasteiger partial charge in [0.15, 0.2) is 6.17 Å². The highest BCUT2D eigenvalue weighted by atomic mass is 16.3. The number of nitrogens with two attached hydrogens (primary N) is 1. The maximum absolute atomic E-state index is 14.2. The van der Waals surface area contributed by atoms with Gasteiger partial charge in [0.2, 0.25) is 0 Å². The van der Waals surface area contributed by atoms with Crippen molar-refractivity contribution < 1.29 is 5.11 Å². The van der Waals surface area contributed by atoms with Crippen LogP contribution < -0.4 is 11.3 Å². The lowest BCUT2D eigenvalue weighted by molar-refractivity contribution is 0.210. The van der Waals surface area contributed by atoms with Crippen LogP contribution in [0.15, 0.2) is 92.7 Å². The van der Waals surface area contributed by atoms with Crippen LogP contribution in [0.3, 0.4) is 0 Å². The van der Waals surface area contributed by atoms with E-state index in [2.05, 4.69) is 36.0 Å². The van der Waals surface area contributed by atoms with Crippen molar-refractivity contribution >= 4 is 28.7 Å². The van der Waals surface area contributed by atoms with Gasteiger partial charge in [-0.3, -0.25) is 14.4 Å². The molecule has 1 aromatic heterocycles. The van der Waals surface area contributed by atoms with Crippen LogP contribution in [0.5, 0.6) is 5.75 Å². The van der Waals surface area contributed by atoms with E-state index in [4.69, 9.17) is 10.8 Å². The van der Waals surface area contributed by atoms with Crippen LogP contribution in [0, 0.1) is 12.8 Å². The molecule has 8 heteroatoms. The van der Waals surface area contributed by atoms with Gasteiger partial charge >= 0.3 is 0 Å². The molecule has 3 heterocycles. The number of rotatable bonds is 5. The molecule has 0 aliphatic carbocycles. The van der Waals surface area contributed by atoms with Gasteiger partial charge in [-0.1, -0.05) is 62.4 Å². The van der Waals surface area contributed by atoms with Crippen LogP contribution in [0.2, 0.25) is 0 Å². The summed E-state index contributed by atoms with van der Waals surface area (Å²) in [6, 6.07) is 23.0. The third-order valence-corrected chi connectivity index (χ3v) is 7.48. The third-order valence-electron chi connectivity index (χ3n) is 7.48. The number of benzene rings is 3.